The van der Waals surface area contributed by atoms with Crippen LogP contribution in [0.2, 0.25) is 0 Å². The number of aryl methyl sites for hydroxylation is 1. The Morgan fingerprint density at radius 2 is 1.78 bits per heavy atom. The first-order valence-electron chi connectivity index (χ1n) is 8.23. The molecule has 144 valence electrons. The fraction of sp³-hybridized carbons (Fsp3) is 0.278. The van der Waals surface area contributed by atoms with E-state index < -0.39 is 21.7 Å². The monoisotopic (exact) mass is 390 g/mol. The maximum Gasteiger partial charge on any atom is 0.256 e. The molecule has 0 bridgehead atoms. The van der Waals surface area contributed by atoms with Gasteiger partial charge in [0.2, 0.25) is 0 Å². The number of carbonyl (C=O) groups excluding carboxylic acids is 2. The number of hydrogen-bond donors (Lipinski definition) is 3. The van der Waals surface area contributed by atoms with E-state index in [1.807, 2.05) is 6.07 Å². The molecule has 1 aromatic heterocycles. The quantitative estimate of drug-likeness (QED) is 0.643. The molecule has 8 nitrogen and oxygen atoms in total. The summed E-state index contributed by atoms with van der Waals surface area (Å²) in [5, 5.41) is 5.20. The van der Waals surface area contributed by atoms with Crippen molar-refractivity contribution >= 4 is 27.5 Å². The number of nitrogens with two attached hydrogens (primary N) is 1. The van der Waals surface area contributed by atoms with Crippen LogP contribution in [0.3, 0.4) is 0 Å². The van der Waals surface area contributed by atoms with Crippen molar-refractivity contribution in [3.05, 3.63) is 58.8 Å². The van der Waals surface area contributed by atoms with Crippen molar-refractivity contribution in [2.24, 2.45) is 5.73 Å². The van der Waals surface area contributed by atoms with Gasteiger partial charge < -0.3 is 16.4 Å². The topological polar surface area (TPSA) is 131 Å². The van der Waals surface area contributed by atoms with Crippen LogP contribution >= 0.6 is 0 Å². The SMILES string of the molecule is Cc1cc(CN)cc(NC(=O)c2cccc(C(=O)NCCS(C)(=O)=O)c2)n1. The molecule has 0 aliphatic carbocycles. The smallest absolute Gasteiger partial charge is 0.256 e. The molecular formula is C18H22N4O4S. The summed E-state index contributed by atoms with van der Waals surface area (Å²) in [5.41, 5.74) is 7.74. The summed E-state index contributed by atoms with van der Waals surface area (Å²) in [6.45, 7) is 2.13. The Bertz CT molecular complexity index is 958. The highest BCUT2D eigenvalue weighted by molar-refractivity contribution is 7.90. The number of anilines is 1. The molecule has 2 rings (SSSR count). The Hall–Kier alpha value is -2.78. The highest BCUT2D eigenvalue weighted by Gasteiger charge is 2.12. The van der Waals surface area contributed by atoms with Gasteiger partial charge in [-0.25, -0.2) is 13.4 Å². The van der Waals surface area contributed by atoms with Crippen molar-refractivity contribution in [3.8, 4) is 0 Å². The molecule has 27 heavy (non-hydrogen) atoms. The molecule has 0 atom stereocenters. The zero-order valence-corrected chi connectivity index (χ0v) is 16.0. The molecule has 0 saturated carbocycles. The van der Waals surface area contributed by atoms with Crippen LogP contribution in [-0.4, -0.2) is 43.8 Å². The fourth-order valence-electron chi connectivity index (χ4n) is 2.36. The van der Waals surface area contributed by atoms with Gasteiger partial charge >= 0.3 is 0 Å². The largest absolute Gasteiger partial charge is 0.351 e. The summed E-state index contributed by atoms with van der Waals surface area (Å²) in [6, 6.07) is 9.65. The number of nitrogens with one attached hydrogen (secondary N) is 2. The highest BCUT2D eigenvalue weighted by atomic mass is 32.2. The van der Waals surface area contributed by atoms with Gasteiger partial charge in [0, 0.05) is 36.2 Å². The number of benzene rings is 1. The minimum absolute atomic E-state index is 0.00314. The first-order valence-corrected chi connectivity index (χ1v) is 10.3. The Morgan fingerprint density at radius 1 is 1.11 bits per heavy atom. The van der Waals surface area contributed by atoms with Gasteiger partial charge in [-0.15, -0.1) is 0 Å². The number of sulfone groups is 1. The average Bonchev–Trinajstić information content (AvgIpc) is 2.60. The van der Waals surface area contributed by atoms with Gasteiger partial charge in [-0.05, 0) is 42.8 Å². The van der Waals surface area contributed by atoms with Crippen LogP contribution in [0.1, 0.15) is 32.0 Å². The van der Waals surface area contributed by atoms with Crippen LogP contribution in [0.15, 0.2) is 36.4 Å². The Morgan fingerprint density at radius 3 is 2.41 bits per heavy atom. The number of rotatable bonds is 7. The van der Waals surface area contributed by atoms with Gasteiger partial charge in [0.05, 0.1) is 5.75 Å². The molecule has 1 aromatic carbocycles. The predicted molar refractivity (Wildman–Crippen MR) is 103 cm³/mol. The lowest BCUT2D eigenvalue weighted by Gasteiger charge is -2.09. The predicted octanol–water partition coefficient (Wildman–Crippen LogP) is 0.875. The van der Waals surface area contributed by atoms with E-state index in [2.05, 4.69) is 15.6 Å². The zero-order chi connectivity index (χ0) is 20.0. The number of hydrogen-bond acceptors (Lipinski definition) is 6. The highest BCUT2D eigenvalue weighted by Crippen LogP contribution is 2.12. The summed E-state index contributed by atoms with van der Waals surface area (Å²) >= 11 is 0. The molecule has 0 aliphatic rings. The molecule has 2 amide bonds. The lowest BCUT2D eigenvalue weighted by Crippen LogP contribution is -2.29. The number of nitrogens with zero attached hydrogens (tertiary/aromatic N) is 1. The molecule has 1 heterocycles. The van der Waals surface area contributed by atoms with Gasteiger partial charge in [0.1, 0.15) is 15.7 Å². The molecule has 0 saturated heterocycles. The van der Waals surface area contributed by atoms with Gasteiger partial charge in [-0.3, -0.25) is 9.59 Å². The lowest BCUT2D eigenvalue weighted by atomic mass is 10.1. The number of aromatic nitrogens is 1. The first-order chi connectivity index (χ1) is 12.7. The third-order valence-corrected chi connectivity index (χ3v) is 4.58. The van der Waals surface area contributed by atoms with E-state index in [1.54, 1.807) is 31.2 Å². The zero-order valence-electron chi connectivity index (χ0n) is 15.2. The van der Waals surface area contributed by atoms with Crippen molar-refractivity contribution in [1.82, 2.24) is 10.3 Å². The van der Waals surface area contributed by atoms with Crippen molar-refractivity contribution in [1.29, 1.82) is 0 Å². The van der Waals surface area contributed by atoms with E-state index in [9.17, 15) is 18.0 Å². The molecule has 0 fully saturated rings. The van der Waals surface area contributed by atoms with Crippen LogP contribution in [0.25, 0.3) is 0 Å². The molecular weight excluding hydrogens is 368 g/mol. The second kappa shape index (κ2) is 8.74. The van der Waals surface area contributed by atoms with E-state index in [0.29, 0.717) is 12.4 Å². The fourth-order valence-corrected chi connectivity index (χ4v) is 2.84. The third-order valence-electron chi connectivity index (χ3n) is 3.64. The first kappa shape index (κ1) is 20.5. The Labute approximate surface area is 158 Å². The summed E-state index contributed by atoms with van der Waals surface area (Å²) in [4.78, 5) is 28.8. The molecule has 4 N–H and O–H groups in total. The molecule has 0 aliphatic heterocycles. The van der Waals surface area contributed by atoms with E-state index in [4.69, 9.17) is 5.73 Å². The van der Waals surface area contributed by atoms with Crippen molar-refractivity contribution in [2.45, 2.75) is 13.5 Å². The van der Waals surface area contributed by atoms with Crippen molar-refractivity contribution in [3.63, 3.8) is 0 Å². The second-order valence-corrected chi connectivity index (χ2v) is 8.39. The minimum atomic E-state index is -3.16. The molecule has 0 radical (unpaired) electrons. The average molecular weight is 390 g/mol. The van der Waals surface area contributed by atoms with Crippen molar-refractivity contribution < 1.29 is 18.0 Å². The third kappa shape index (κ3) is 6.46. The van der Waals surface area contributed by atoms with Crippen LogP contribution in [0.4, 0.5) is 5.82 Å². The van der Waals surface area contributed by atoms with Gasteiger partial charge in [-0.1, -0.05) is 6.07 Å². The standard InChI is InChI=1S/C18H22N4O4S/c1-12-8-13(11-19)9-16(21-12)22-18(24)15-5-3-4-14(10-15)17(23)20-6-7-27(2,25)26/h3-5,8-10H,6-7,11,19H2,1-2H3,(H,20,23)(H,21,22,24). The summed E-state index contributed by atoms with van der Waals surface area (Å²) in [6.07, 6.45) is 1.10. The molecule has 9 heteroatoms. The van der Waals surface area contributed by atoms with Crippen LogP contribution < -0.4 is 16.4 Å². The minimum Gasteiger partial charge on any atom is -0.351 e. The van der Waals surface area contributed by atoms with E-state index >= 15 is 0 Å². The van der Waals surface area contributed by atoms with Crippen molar-refractivity contribution in [2.75, 3.05) is 23.9 Å². The van der Waals surface area contributed by atoms with Crippen LogP contribution in [0, 0.1) is 6.92 Å². The number of amides is 2. The second-order valence-electron chi connectivity index (χ2n) is 6.13. The number of pyridine rings is 1. The Kier molecular flexibility index (Phi) is 6.65. The maximum absolute atomic E-state index is 12.5. The molecule has 0 unspecified atom stereocenters. The summed E-state index contributed by atoms with van der Waals surface area (Å²) in [7, 11) is -3.16. The maximum atomic E-state index is 12.5. The van der Waals surface area contributed by atoms with Crippen LogP contribution in [0.5, 0.6) is 0 Å². The van der Waals surface area contributed by atoms with Gasteiger partial charge in [-0.2, -0.15) is 0 Å². The summed E-state index contributed by atoms with van der Waals surface area (Å²) < 4.78 is 22.2. The lowest BCUT2D eigenvalue weighted by molar-refractivity contribution is 0.0956. The van der Waals surface area contributed by atoms with Gasteiger partial charge in [0.15, 0.2) is 0 Å². The molecule has 2 aromatic rings. The van der Waals surface area contributed by atoms with E-state index in [0.717, 1.165) is 17.5 Å². The summed E-state index contributed by atoms with van der Waals surface area (Å²) in [5.74, 6) is -0.640. The Balaban J connectivity index is 2.08. The van der Waals surface area contributed by atoms with Crippen LogP contribution in [-0.2, 0) is 16.4 Å². The molecule has 0 spiro atoms. The normalized spacial score (nSPS) is 11.1. The number of carbonyl (C=O) groups is 2. The van der Waals surface area contributed by atoms with Gasteiger partial charge in [0.25, 0.3) is 11.8 Å². The van der Waals surface area contributed by atoms with E-state index in [1.165, 1.54) is 6.07 Å². The van der Waals surface area contributed by atoms with E-state index in [-0.39, 0.29) is 23.4 Å².